The number of aromatic nitrogens is 3. The van der Waals surface area contributed by atoms with Gasteiger partial charge in [0.2, 0.25) is 5.92 Å². The Morgan fingerprint density at radius 2 is 1.90 bits per heavy atom. The molecular weight excluding hydrogens is 262 g/mol. The predicted molar refractivity (Wildman–Crippen MR) is 74.4 cm³/mol. The molecule has 108 valence electrons. The monoisotopic (exact) mass is 280 g/mol. The van der Waals surface area contributed by atoms with Crippen molar-refractivity contribution in [2.45, 2.75) is 37.5 Å². The topological polar surface area (TPSA) is 44.8 Å². The van der Waals surface area contributed by atoms with E-state index in [0.717, 1.165) is 17.2 Å². The third-order valence-corrected chi connectivity index (χ3v) is 3.91. The number of hydrogen-bond donors (Lipinski definition) is 1. The van der Waals surface area contributed by atoms with Crippen LogP contribution >= 0.6 is 0 Å². The number of alkyl halides is 2. The van der Waals surface area contributed by atoms with E-state index < -0.39 is 5.92 Å². The number of halogens is 2. The Morgan fingerprint density at radius 3 is 2.55 bits per heavy atom. The minimum Gasteiger partial charge on any atom is -0.363 e. The second kappa shape index (κ2) is 4.68. The molecule has 2 heterocycles. The van der Waals surface area contributed by atoms with Crippen molar-refractivity contribution in [3.05, 3.63) is 18.0 Å². The summed E-state index contributed by atoms with van der Waals surface area (Å²) in [6.45, 7) is 0. The molecule has 1 saturated carbocycles. The van der Waals surface area contributed by atoms with Gasteiger partial charge < -0.3 is 9.88 Å². The first kappa shape index (κ1) is 13.3. The highest BCUT2D eigenvalue weighted by Crippen LogP contribution is 2.40. The van der Waals surface area contributed by atoms with E-state index in [1.54, 1.807) is 0 Å². The summed E-state index contributed by atoms with van der Waals surface area (Å²) < 4.78 is 26.4. The van der Waals surface area contributed by atoms with E-state index >= 15 is 0 Å². The molecule has 4 nitrogen and oxygen atoms in total. The van der Waals surface area contributed by atoms with Gasteiger partial charge in [-0.25, -0.2) is 18.7 Å². The summed E-state index contributed by atoms with van der Waals surface area (Å²) in [7, 11) is 3.84. The second-order valence-electron chi connectivity index (χ2n) is 5.69. The summed E-state index contributed by atoms with van der Waals surface area (Å²) in [5, 5.41) is 0. The summed E-state index contributed by atoms with van der Waals surface area (Å²) in [6, 6.07) is 3.85. The molecule has 20 heavy (non-hydrogen) atoms. The average molecular weight is 280 g/mol. The van der Waals surface area contributed by atoms with Gasteiger partial charge in [-0.2, -0.15) is 0 Å². The molecule has 2 aromatic rings. The Hall–Kier alpha value is -1.72. The number of hydrogen-bond acceptors (Lipinski definition) is 3. The Kier molecular flexibility index (Phi) is 3.11. The fourth-order valence-electron chi connectivity index (χ4n) is 2.66. The minimum absolute atomic E-state index is 0.0505. The van der Waals surface area contributed by atoms with Crippen LogP contribution in [0.4, 0.5) is 14.6 Å². The number of nitrogens with one attached hydrogen (secondary N) is 1. The van der Waals surface area contributed by atoms with Gasteiger partial charge in [-0.1, -0.05) is 0 Å². The fourth-order valence-corrected chi connectivity index (χ4v) is 2.66. The number of imidazole rings is 1. The molecule has 0 aromatic carbocycles. The van der Waals surface area contributed by atoms with Crippen molar-refractivity contribution in [1.82, 2.24) is 15.0 Å². The normalized spacial score (nSPS) is 19.4. The number of fused-ring (bicyclic) bond motifs is 1. The van der Waals surface area contributed by atoms with E-state index in [1.165, 1.54) is 0 Å². The molecule has 3 rings (SSSR count). The zero-order chi connectivity index (χ0) is 14.3. The highest BCUT2D eigenvalue weighted by molar-refractivity contribution is 5.73. The first-order valence-corrected chi connectivity index (χ1v) is 6.86. The van der Waals surface area contributed by atoms with Crippen LogP contribution in [-0.2, 0) is 0 Å². The Balaban J connectivity index is 1.86. The van der Waals surface area contributed by atoms with E-state index in [0.29, 0.717) is 18.5 Å². The maximum absolute atomic E-state index is 13.2. The lowest BCUT2D eigenvalue weighted by Crippen LogP contribution is -2.24. The quantitative estimate of drug-likeness (QED) is 0.917. The van der Waals surface area contributed by atoms with Crippen molar-refractivity contribution in [3.63, 3.8) is 0 Å². The molecule has 0 aliphatic heterocycles. The summed E-state index contributed by atoms with van der Waals surface area (Å²) in [4.78, 5) is 14.1. The lowest BCUT2D eigenvalue weighted by Gasteiger charge is -2.26. The van der Waals surface area contributed by atoms with Gasteiger partial charge in [-0.3, -0.25) is 0 Å². The number of aromatic amines is 1. The Bertz CT molecular complexity index is 611. The van der Waals surface area contributed by atoms with E-state index in [4.69, 9.17) is 0 Å². The molecule has 0 spiro atoms. The molecule has 0 saturated heterocycles. The van der Waals surface area contributed by atoms with Gasteiger partial charge in [0.15, 0.2) is 5.65 Å². The standard InChI is InChI=1S/C14H18F2N4/c1-20(2)11-4-3-10-13(18-11)19-12(17-10)9-5-7-14(15,16)8-6-9/h3-4,9H,5-8H2,1-2H3,(H,17,18,19). The lowest BCUT2D eigenvalue weighted by molar-refractivity contribution is -0.0387. The van der Waals surface area contributed by atoms with Crippen LogP contribution in [0.2, 0.25) is 0 Å². The van der Waals surface area contributed by atoms with E-state index in [-0.39, 0.29) is 18.8 Å². The highest BCUT2D eigenvalue weighted by Gasteiger charge is 2.36. The van der Waals surface area contributed by atoms with Crippen LogP contribution in [0.5, 0.6) is 0 Å². The second-order valence-corrected chi connectivity index (χ2v) is 5.69. The number of rotatable bonds is 2. The van der Waals surface area contributed by atoms with Crippen LogP contribution in [-0.4, -0.2) is 35.0 Å². The number of anilines is 1. The molecule has 0 amide bonds. The van der Waals surface area contributed by atoms with E-state index in [2.05, 4.69) is 15.0 Å². The zero-order valence-corrected chi connectivity index (χ0v) is 11.7. The minimum atomic E-state index is -2.50. The smallest absolute Gasteiger partial charge is 0.248 e. The van der Waals surface area contributed by atoms with Gasteiger partial charge >= 0.3 is 0 Å². The molecular formula is C14H18F2N4. The summed E-state index contributed by atoms with van der Waals surface area (Å²) in [6.07, 6.45) is 0.858. The van der Waals surface area contributed by atoms with Crippen molar-refractivity contribution >= 4 is 17.0 Å². The summed E-state index contributed by atoms with van der Waals surface area (Å²) >= 11 is 0. The van der Waals surface area contributed by atoms with Crippen molar-refractivity contribution in [2.75, 3.05) is 19.0 Å². The van der Waals surface area contributed by atoms with Gasteiger partial charge in [0, 0.05) is 32.9 Å². The number of H-pyrrole nitrogens is 1. The van der Waals surface area contributed by atoms with Crippen LogP contribution in [0.3, 0.4) is 0 Å². The maximum atomic E-state index is 13.2. The summed E-state index contributed by atoms with van der Waals surface area (Å²) in [5.74, 6) is -0.782. The molecule has 0 bridgehead atoms. The highest BCUT2D eigenvalue weighted by atomic mass is 19.3. The van der Waals surface area contributed by atoms with Gasteiger partial charge in [0.25, 0.3) is 0 Å². The van der Waals surface area contributed by atoms with Gasteiger partial charge in [0.1, 0.15) is 11.6 Å². The number of nitrogens with zero attached hydrogens (tertiary/aromatic N) is 3. The van der Waals surface area contributed by atoms with Crippen molar-refractivity contribution in [1.29, 1.82) is 0 Å². The number of pyridine rings is 1. The molecule has 1 aliphatic carbocycles. The van der Waals surface area contributed by atoms with Crippen LogP contribution in [0.1, 0.15) is 37.4 Å². The van der Waals surface area contributed by atoms with Crippen LogP contribution in [0.25, 0.3) is 11.2 Å². The maximum Gasteiger partial charge on any atom is 0.248 e. The van der Waals surface area contributed by atoms with Crippen molar-refractivity contribution in [3.8, 4) is 0 Å². The Morgan fingerprint density at radius 1 is 1.20 bits per heavy atom. The van der Waals surface area contributed by atoms with Crippen molar-refractivity contribution < 1.29 is 8.78 Å². The van der Waals surface area contributed by atoms with E-state index in [9.17, 15) is 8.78 Å². The van der Waals surface area contributed by atoms with Crippen LogP contribution < -0.4 is 4.90 Å². The first-order chi connectivity index (χ1) is 9.44. The third-order valence-electron chi connectivity index (χ3n) is 3.91. The zero-order valence-electron chi connectivity index (χ0n) is 11.7. The SMILES string of the molecule is CN(C)c1ccc2[nH]c(C3CCC(F)(F)CC3)nc2n1. The molecule has 0 atom stereocenters. The van der Waals surface area contributed by atoms with Crippen LogP contribution in [0, 0.1) is 0 Å². The third kappa shape index (κ3) is 2.46. The van der Waals surface area contributed by atoms with Crippen LogP contribution in [0.15, 0.2) is 12.1 Å². The Labute approximate surface area is 116 Å². The van der Waals surface area contributed by atoms with Gasteiger partial charge in [0.05, 0.1) is 5.52 Å². The van der Waals surface area contributed by atoms with Gasteiger partial charge in [-0.15, -0.1) is 0 Å². The van der Waals surface area contributed by atoms with Crippen molar-refractivity contribution in [2.24, 2.45) is 0 Å². The molecule has 1 fully saturated rings. The molecule has 0 unspecified atom stereocenters. The fraction of sp³-hybridized carbons (Fsp3) is 0.571. The molecule has 6 heteroatoms. The largest absolute Gasteiger partial charge is 0.363 e. The first-order valence-electron chi connectivity index (χ1n) is 6.86. The molecule has 2 aromatic heterocycles. The molecule has 1 N–H and O–H groups in total. The summed E-state index contributed by atoms with van der Waals surface area (Å²) in [5.41, 5.74) is 1.52. The predicted octanol–water partition coefficient (Wildman–Crippen LogP) is 3.32. The molecule has 0 radical (unpaired) electrons. The molecule has 1 aliphatic rings. The average Bonchev–Trinajstić information content (AvgIpc) is 2.81. The van der Waals surface area contributed by atoms with E-state index in [1.807, 2.05) is 31.1 Å². The van der Waals surface area contributed by atoms with Gasteiger partial charge in [-0.05, 0) is 25.0 Å². The lowest BCUT2D eigenvalue weighted by atomic mass is 9.86.